The number of rotatable bonds is 4. The fraction of sp³-hybridized carbons (Fsp3) is 0.200. The maximum absolute atomic E-state index is 5.56. The molecule has 0 aliphatic heterocycles. The van der Waals surface area contributed by atoms with Crippen LogP contribution in [-0.2, 0) is 6.54 Å². The van der Waals surface area contributed by atoms with E-state index in [4.69, 9.17) is 5.73 Å². The molecule has 0 aliphatic carbocycles. The second-order valence-electron chi connectivity index (χ2n) is 3.33. The lowest BCUT2D eigenvalue weighted by atomic mass is 10.4. The van der Waals surface area contributed by atoms with Crippen LogP contribution in [0.1, 0.15) is 0 Å². The standard InChI is InChI=1S/C10H12BrN5/c11-8-1-2-10(14-5-8)13-3-4-16-7-9(12)6-15-16/h1-2,5-7H,3-4,12H2,(H,13,14). The average molecular weight is 282 g/mol. The van der Waals surface area contributed by atoms with Crippen LogP contribution in [0.4, 0.5) is 11.5 Å². The van der Waals surface area contributed by atoms with Crippen LogP contribution in [0.25, 0.3) is 0 Å². The summed E-state index contributed by atoms with van der Waals surface area (Å²) in [5.41, 5.74) is 6.24. The van der Waals surface area contributed by atoms with Crippen LogP contribution in [0.3, 0.4) is 0 Å². The molecule has 2 heterocycles. The molecule has 0 bridgehead atoms. The fourth-order valence-corrected chi connectivity index (χ4v) is 1.52. The number of hydrogen-bond donors (Lipinski definition) is 2. The van der Waals surface area contributed by atoms with Gasteiger partial charge in [-0.25, -0.2) is 4.98 Å². The Morgan fingerprint density at radius 1 is 1.38 bits per heavy atom. The Morgan fingerprint density at radius 3 is 2.88 bits per heavy atom. The molecular weight excluding hydrogens is 270 g/mol. The molecule has 0 aromatic carbocycles. The number of halogens is 1. The highest BCUT2D eigenvalue weighted by molar-refractivity contribution is 9.10. The van der Waals surface area contributed by atoms with Crippen molar-refractivity contribution in [3.63, 3.8) is 0 Å². The number of anilines is 2. The highest BCUT2D eigenvalue weighted by Gasteiger charge is 1.95. The number of nitrogen functional groups attached to an aromatic ring is 1. The molecule has 2 aromatic rings. The summed E-state index contributed by atoms with van der Waals surface area (Å²) in [6.07, 6.45) is 5.20. The van der Waals surface area contributed by atoms with E-state index in [1.54, 1.807) is 23.3 Å². The first-order chi connectivity index (χ1) is 7.74. The molecule has 0 amide bonds. The van der Waals surface area contributed by atoms with E-state index in [1.165, 1.54) is 0 Å². The Kier molecular flexibility index (Phi) is 3.40. The minimum absolute atomic E-state index is 0.682. The number of hydrogen-bond acceptors (Lipinski definition) is 4. The molecule has 2 rings (SSSR count). The molecule has 2 aromatic heterocycles. The van der Waals surface area contributed by atoms with Gasteiger partial charge in [0.15, 0.2) is 0 Å². The monoisotopic (exact) mass is 281 g/mol. The van der Waals surface area contributed by atoms with Gasteiger partial charge in [-0.3, -0.25) is 4.68 Å². The lowest BCUT2D eigenvalue weighted by Crippen LogP contribution is -2.11. The van der Waals surface area contributed by atoms with E-state index >= 15 is 0 Å². The lowest BCUT2D eigenvalue weighted by Gasteiger charge is -2.05. The van der Waals surface area contributed by atoms with Crippen LogP contribution >= 0.6 is 15.9 Å². The zero-order chi connectivity index (χ0) is 11.4. The van der Waals surface area contributed by atoms with Crippen LogP contribution in [-0.4, -0.2) is 21.3 Å². The summed E-state index contributed by atoms with van der Waals surface area (Å²) in [7, 11) is 0. The second-order valence-corrected chi connectivity index (χ2v) is 4.24. The van der Waals surface area contributed by atoms with Crippen molar-refractivity contribution in [2.24, 2.45) is 0 Å². The largest absolute Gasteiger partial charge is 0.396 e. The van der Waals surface area contributed by atoms with Crippen molar-refractivity contribution in [1.82, 2.24) is 14.8 Å². The zero-order valence-corrected chi connectivity index (χ0v) is 10.2. The summed E-state index contributed by atoms with van der Waals surface area (Å²) in [6.45, 7) is 1.52. The van der Waals surface area contributed by atoms with E-state index in [1.807, 2.05) is 12.1 Å². The normalized spacial score (nSPS) is 10.3. The molecule has 0 spiro atoms. The van der Waals surface area contributed by atoms with Gasteiger partial charge in [-0.1, -0.05) is 0 Å². The van der Waals surface area contributed by atoms with Gasteiger partial charge in [-0.05, 0) is 28.1 Å². The first kappa shape index (κ1) is 10.9. The Balaban J connectivity index is 1.82. The van der Waals surface area contributed by atoms with Crippen LogP contribution < -0.4 is 11.1 Å². The molecular formula is C10H12BrN5. The Hall–Kier alpha value is -1.56. The van der Waals surface area contributed by atoms with Gasteiger partial charge in [0, 0.05) is 23.4 Å². The molecule has 0 atom stereocenters. The van der Waals surface area contributed by atoms with Crippen molar-refractivity contribution in [3.8, 4) is 0 Å². The van der Waals surface area contributed by atoms with E-state index in [0.717, 1.165) is 23.4 Å². The van der Waals surface area contributed by atoms with Gasteiger partial charge in [-0.15, -0.1) is 0 Å². The molecule has 0 unspecified atom stereocenters. The highest BCUT2D eigenvalue weighted by atomic mass is 79.9. The topological polar surface area (TPSA) is 68.8 Å². The van der Waals surface area contributed by atoms with Gasteiger partial charge in [0.25, 0.3) is 0 Å². The number of nitrogens with one attached hydrogen (secondary N) is 1. The third-order valence-electron chi connectivity index (χ3n) is 2.03. The molecule has 0 saturated carbocycles. The summed E-state index contributed by atoms with van der Waals surface area (Å²) < 4.78 is 2.76. The maximum Gasteiger partial charge on any atom is 0.126 e. The van der Waals surface area contributed by atoms with Gasteiger partial charge in [0.05, 0.1) is 18.4 Å². The van der Waals surface area contributed by atoms with E-state index in [9.17, 15) is 0 Å². The maximum atomic E-state index is 5.56. The molecule has 6 heteroatoms. The predicted octanol–water partition coefficient (Wildman–Crippen LogP) is 1.73. The fourth-order valence-electron chi connectivity index (χ4n) is 1.28. The molecule has 0 radical (unpaired) electrons. The lowest BCUT2D eigenvalue weighted by molar-refractivity contribution is 0.637. The van der Waals surface area contributed by atoms with E-state index in [2.05, 4.69) is 31.3 Å². The number of pyridine rings is 1. The predicted molar refractivity (Wildman–Crippen MR) is 67.1 cm³/mol. The minimum atomic E-state index is 0.682. The molecule has 5 nitrogen and oxygen atoms in total. The molecule has 0 fully saturated rings. The molecule has 3 N–H and O–H groups in total. The average Bonchev–Trinajstić information content (AvgIpc) is 2.67. The van der Waals surface area contributed by atoms with Crippen molar-refractivity contribution in [2.75, 3.05) is 17.6 Å². The Labute approximate surface area is 102 Å². The third kappa shape index (κ3) is 2.96. The first-order valence-corrected chi connectivity index (χ1v) is 5.67. The van der Waals surface area contributed by atoms with Gasteiger partial charge in [0.1, 0.15) is 5.82 Å². The van der Waals surface area contributed by atoms with Gasteiger partial charge in [-0.2, -0.15) is 5.10 Å². The Bertz CT molecular complexity index is 450. The summed E-state index contributed by atoms with van der Waals surface area (Å²) in [5, 5.41) is 7.28. The van der Waals surface area contributed by atoms with Crippen molar-refractivity contribution in [3.05, 3.63) is 35.2 Å². The quantitative estimate of drug-likeness (QED) is 0.896. The molecule has 0 aliphatic rings. The van der Waals surface area contributed by atoms with Crippen molar-refractivity contribution in [2.45, 2.75) is 6.54 Å². The van der Waals surface area contributed by atoms with Crippen LogP contribution in [0, 0.1) is 0 Å². The van der Waals surface area contributed by atoms with Crippen LogP contribution in [0.2, 0.25) is 0 Å². The van der Waals surface area contributed by atoms with Gasteiger partial charge in [0.2, 0.25) is 0 Å². The van der Waals surface area contributed by atoms with E-state index in [0.29, 0.717) is 5.69 Å². The van der Waals surface area contributed by atoms with Crippen molar-refractivity contribution in [1.29, 1.82) is 0 Å². The summed E-state index contributed by atoms with van der Waals surface area (Å²) in [6, 6.07) is 3.86. The summed E-state index contributed by atoms with van der Waals surface area (Å²) >= 11 is 3.33. The van der Waals surface area contributed by atoms with Gasteiger partial charge >= 0.3 is 0 Å². The smallest absolute Gasteiger partial charge is 0.126 e. The third-order valence-corrected chi connectivity index (χ3v) is 2.50. The zero-order valence-electron chi connectivity index (χ0n) is 8.60. The summed E-state index contributed by atoms with van der Waals surface area (Å²) in [5.74, 6) is 0.850. The van der Waals surface area contributed by atoms with E-state index < -0.39 is 0 Å². The number of nitrogens with two attached hydrogens (primary N) is 1. The SMILES string of the molecule is Nc1cnn(CCNc2ccc(Br)cn2)c1. The summed E-state index contributed by atoms with van der Waals surface area (Å²) in [4.78, 5) is 4.20. The molecule has 84 valence electrons. The van der Waals surface area contributed by atoms with E-state index in [-0.39, 0.29) is 0 Å². The number of nitrogens with zero attached hydrogens (tertiary/aromatic N) is 3. The van der Waals surface area contributed by atoms with Crippen LogP contribution in [0.5, 0.6) is 0 Å². The second kappa shape index (κ2) is 4.98. The first-order valence-electron chi connectivity index (χ1n) is 4.87. The molecule has 16 heavy (non-hydrogen) atoms. The number of aromatic nitrogens is 3. The molecule has 0 saturated heterocycles. The van der Waals surface area contributed by atoms with Crippen molar-refractivity contribution >= 4 is 27.4 Å². The highest BCUT2D eigenvalue weighted by Crippen LogP contribution is 2.10. The van der Waals surface area contributed by atoms with Crippen molar-refractivity contribution < 1.29 is 0 Å². The Morgan fingerprint density at radius 2 is 2.25 bits per heavy atom. The van der Waals surface area contributed by atoms with Gasteiger partial charge < -0.3 is 11.1 Å². The minimum Gasteiger partial charge on any atom is -0.396 e. The van der Waals surface area contributed by atoms with Crippen LogP contribution in [0.15, 0.2) is 35.2 Å².